The number of rotatable bonds is 6. The van der Waals surface area contributed by atoms with Gasteiger partial charge in [-0.15, -0.1) is 10.2 Å². The maximum absolute atomic E-state index is 12.7. The van der Waals surface area contributed by atoms with E-state index < -0.39 is 0 Å². The van der Waals surface area contributed by atoms with Crippen LogP contribution in [0.1, 0.15) is 47.0 Å². The van der Waals surface area contributed by atoms with E-state index in [2.05, 4.69) is 43.1 Å². The Balaban J connectivity index is 1.63. The Hall–Kier alpha value is -2.44. The molecule has 2 atom stereocenters. The minimum absolute atomic E-state index is 0.0519. The van der Waals surface area contributed by atoms with Crippen LogP contribution in [0.15, 0.2) is 24.3 Å². The summed E-state index contributed by atoms with van der Waals surface area (Å²) in [6, 6.07) is 8.16. The summed E-state index contributed by atoms with van der Waals surface area (Å²) in [4.78, 5) is 16.0. The van der Waals surface area contributed by atoms with Gasteiger partial charge < -0.3 is 9.64 Å². The predicted molar refractivity (Wildman–Crippen MR) is 103 cm³/mol. The minimum Gasteiger partial charge on any atom is -0.493 e. The summed E-state index contributed by atoms with van der Waals surface area (Å²) in [5, 5.41) is 12.5. The molecule has 1 aliphatic heterocycles. The molecular weight excluding hydrogens is 342 g/mol. The third kappa shape index (κ3) is 4.84. The summed E-state index contributed by atoms with van der Waals surface area (Å²) in [7, 11) is 0. The smallest absolute Gasteiger partial charge is 0.246 e. The number of aromatic nitrogens is 4. The number of carbonyl (C=O) groups excluding carboxylic acids is 1. The molecule has 1 fully saturated rings. The molecule has 7 nitrogen and oxygen atoms in total. The summed E-state index contributed by atoms with van der Waals surface area (Å²) < 4.78 is 5.69. The van der Waals surface area contributed by atoms with Crippen molar-refractivity contribution in [3.63, 3.8) is 0 Å². The molecule has 0 spiro atoms. The van der Waals surface area contributed by atoms with Gasteiger partial charge in [0.2, 0.25) is 11.7 Å². The SMILES string of the molecule is CC(C)COc1ccc(-c2nnn(CC(=O)N3[C@H](C)CCC[C@@H]3C)n2)cc1. The number of hydrogen-bond donors (Lipinski definition) is 0. The molecule has 0 radical (unpaired) electrons. The first-order chi connectivity index (χ1) is 12.9. The molecule has 146 valence electrons. The van der Waals surface area contributed by atoms with Crippen molar-refractivity contribution in [1.82, 2.24) is 25.1 Å². The summed E-state index contributed by atoms with van der Waals surface area (Å²) in [5.41, 5.74) is 0.852. The van der Waals surface area contributed by atoms with Gasteiger partial charge in [-0.2, -0.15) is 4.80 Å². The lowest BCUT2D eigenvalue weighted by molar-refractivity contribution is -0.138. The molecule has 1 saturated heterocycles. The van der Waals surface area contributed by atoms with Crippen LogP contribution in [0.2, 0.25) is 0 Å². The van der Waals surface area contributed by atoms with Crippen molar-refractivity contribution in [2.24, 2.45) is 5.92 Å². The van der Waals surface area contributed by atoms with Crippen LogP contribution in [-0.4, -0.2) is 49.7 Å². The summed E-state index contributed by atoms with van der Waals surface area (Å²) in [5.74, 6) is 1.87. The average Bonchev–Trinajstić information content (AvgIpc) is 3.08. The van der Waals surface area contributed by atoms with Gasteiger partial charge in [0.1, 0.15) is 12.3 Å². The molecule has 1 aromatic heterocycles. The van der Waals surface area contributed by atoms with Gasteiger partial charge in [-0.1, -0.05) is 13.8 Å². The van der Waals surface area contributed by atoms with Crippen LogP contribution >= 0.6 is 0 Å². The van der Waals surface area contributed by atoms with E-state index in [1.807, 2.05) is 29.2 Å². The molecular formula is C20H29N5O2. The van der Waals surface area contributed by atoms with E-state index >= 15 is 0 Å². The van der Waals surface area contributed by atoms with Crippen LogP contribution < -0.4 is 4.74 Å². The van der Waals surface area contributed by atoms with E-state index in [1.54, 1.807) is 0 Å². The van der Waals surface area contributed by atoms with Gasteiger partial charge in [0, 0.05) is 17.6 Å². The van der Waals surface area contributed by atoms with Crippen LogP contribution in [0, 0.1) is 5.92 Å². The number of carbonyl (C=O) groups is 1. The van der Waals surface area contributed by atoms with Gasteiger partial charge >= 0.3 is 0 Å². The molecule has 27 heavy (non-hydrogen) atoms. The fourth-order valence-corrected chi connectivity index (χ4v) is 3.50. The molecule has 7 heteroatoms. The normalized spacial score (nSPS) is 20.1. The highest BCUT2D eigenvalue weighted by Crippen LogP contribution is 2.23. The number of ether oxygens (including phenoxy) is 1. The molecule has 1 aromatic carbocycles. The average molecular weight is 371 g/mol. The first-order valence-electron chi connectivity index (χ1n) is 9.76. The summed E-state index contributed by atoms with van der Waals surface area (Å²) >= 11 is 0. The lowest BCUT2D eigenvalue weighted by Crippen LogP contribution is -2.48. The molecule has 0 saturated carbocycles. The predicted octanol–water partition coefficient (Wildman–Crippen LogP) is 3.16. The number of piperidine rings is 1. The second-order valence-corrected chi connectivity index (χ2v) is 7.80. The number of nitrogens with zero attached hydrogens (tertiary/aromatic N) is 5. The molecule has 1 aliphatic rings. The lowest BCUT2D eigenvalue weighted by Gasteiger charge is -2.38. The molecule has 3 rings (SSSR count). The molecule has 2 heterocycles. The van der Waals surface area contributed by atoms with Gasteiger partial charge in [0.05, 0.1) is 6.61 Å². The van der Waals surface area contributed by atoms with Crippen LogP contribution in [0.5, 0.6) is 5.75 Å². The van der Waals surface area contributed by atoms with Crippen molar-refractivity contribution in [1.29, 1.82) is 0 Å². The Bertz CT molecular complexity index is 746. The Morgan fingerprint density at radius 3 is 2.48 bits per heavy atom. The second kappa shape index (κ2) is 8.50. The van der Waals surface area contributed by atoms with E-state index in [0.717, 1.165) is 24.2 Å². The van der Waals surface area contributed by atoms with E-state index in [4.69, 9.17) is 4.74 Å². The zero-order valence-electron chi connectivity index (χ0n) is 16.6. The number of tetrazole rings is 1. The van der Waals surface area contributed by atoms with Gasteiger partial charge in [0.25, 0.3) is 0 Å². The first kappa shape index (κ1) is 19.3. The molecule has 2 aromatic rings. The van der Waals surface area contributed by atoms with Gasteiger partial charge in [-0.3, -0.25) is 4.79 Å². The third-order valence-electron chi connectivity index (χ3n) is 4.91. The summed E-state index contributed by atoms with van der Waals surface area (Å²) in [6.45, 7) is 9.25. The Labute approximate surface area is 160 Å². The van der Waals surface area contributed by atoms with E-state index in [0.29, 0.717) is 18.3 Å². The Morgan fingerprint density at radius 2 is 1.85 bits per heavy atom. The molecule has 0 aliphatic carbocycles. The van der Waals surface area contributed by atoms with E-state index in [1.165, 1.54) is 11.2 Å². The van der Waals surface area contributed by atoms with Crippen LogP contribution in [-0.2, 0) is 11.3 Å². The number of hydrogen-bond acceptors (Lipinski definition) is 5. The fourth-order valence-electron chi connectivity index (χ4n) is 3.50. The monoisotopic (exact) mass is 371 g/mol. The largest absolute Gasteiger partial charge is 0.493 e. The number of amides is 1. The highest BCUT2D eigenvalue weighted by molar-refractivity contribution is 5.76. The zero-order valence-corrected chi connectivity index (χ0v) is 16.6. The highest BCUT2D eigenvalue weighted by Gasteiger charge is 2.29. The van der Waals surface area contributed by atoms with E-state index in [9.17, 15) is 4.79 Å². The van der Waals surface area contributed by atoms with Gasteiger partial charge in [-0.05, 0) is 68.5 Å². The Kier molecular flexibility index (Phi) is 6.08. The fraction of sp³-hybridized carbons (Fsp3) is 0.600. The second-order valence-electron chi connectivity index (χ2n) is 7.80. The van der Waals surface area contributed by atoms with Crippen LogP contribution in [0.3, 0.4) is 0 Å². The zero-order chi connectivity index (χ0) is 19.4. The third-order valence-corrected chi connectivity index (χ3v) is 4.91. The first-order valence-corrected chi connectivity index (χ1v) is 9.76. The quantitative estimate of drug-likeness (QED) is 0.780. The number of likely N-dealkylation sites (tertiary alicyclic amines) is 1. The standard InChI is InChI=1S/C20H29N5O2/c1-14(2)13-27-18-10-8-17(9-11-18)20-21-23-24(22-20)12-19(26)25-15(3)6-5-7-16(25)4/h8-11,14-16H,5-7,12-13H2,1-4H3/t15-,16+. The molecule has 0 bridgehead atoms. The maximum Gasteiger partial charge on any atom is 0.246 e. The summed E-state index contributed by atoms with van der Waals surface area (Å²) in [6.07, 6.45) is 3.28. The van der Waals surface area contributed by atoms with Crippen molar-refractivity contribution in [2.75, 3.05) is 6.61 Å². The molecule has 0 N–H and O–H groups in total. The topological polar surface area (TPSA) is 73.1 Å². The van der Waals surface area contributed by atoms with Crippen LogP contribution in [0.25, 0.3) is 11.4 Å². The maximum atomic E-state index is 12.7. The van der Waals surface area contributed by atoms with Crippen molar-refractivity contribution >= 4 is 5.91 Å². The molecule has 1 amide bonds. The van der Waals surface area contributed by atoms with Crippen molar-refractivity contribution in [3.05, 3.63) is 24.3 Å². The van der Waals surface area contributed by atoms with Crippen molar-refractivity contribution < 1.29 is 9.53 Å². The lowest BCUT2D eigenvalue weighted by atomic mass is 9.97. The minimum atomic E-state index is 0.0519. The molecule has 0 unspecified atom stereocenters. The Morgan fingerprint density at radius 1 is 1.19 bits per heavy atom. The highest BCUT2D eigenvalue weighted by atomic mass is 16.5. The van der Waals surface area contributed by atoms with Gasteiger partial charge in [0.15, 0.2) is 0 Å². The van der Waals surface area contributed by atoms with Gasteiger partial charge in [-0.25, -0.2) is 0 Å². The number of benzene rings is 1. The van der Waals surface area contributed by atoms with Crippen molar-refractivity contribution in [2.45, 2.75) is 65.6 Å². The van der Waals surface area contributed by atoms with Crippen molar-refractivity contribution in [3.8, 4) is 17.1 Å². The van der Waals surface area contributed by atoms with E-state index in [-0.39, 0.29) is 24.5 Å². The van der Waals surface area contributed by atoms with Crippen LogP contribution in [0.4, 0.5) is 0 Å².